The normalized spacial score (nSPS) is 12.5. The summed E-state index contributed by atoms with van der Waals surface area (Å²) >= 11 is 11.5. The topological polar surface area (TPSA) is 69.1 Å². The zero-order valence-corrected chi connectivity index (χ0v) is 8.85. The van der Waals surface area contributed by atoms with E-state index >= 15 is 0 Å². The van der Waals surface area contributed by atoms with E-state index < -0.39 is 11.9 Å². The molecule has 0 fully saturated rings. The van der Waals surface area contributed by atoms with Crippen LogP contribution >= 0.6 is 23.2 Å². The number of rotatable bonds is 3. The number of hydrogen-bond acceptors (Lipinski definition) is 2. The molecule has 0 spiro atoms. The molecule has 1 atom stereocenters. The highest BCUT2D eigenvalue weighted by Gasteiger charge is 2.10. The first-order valence-corrected chi connectivity index (χ1v) is 4.74. The molecule has 4 N–H and O–H groups in total. The first-order chi connectivity index (χ1) is 6.49. The molecule has 0 aromatic heterocycles. The molecule has 14 heavy (non-hydrogen) atoms. The molecule has 0 saturated heterocycles. The molecule has 76 valence electrons. The fourth-order valence-corrected chi connectivity index (χ4v) is 1.67. The molecule has 1 amide bonds. The van der Waals surface area contributed by atoms with Crippen molar-refractivity contribution in [2.75, 3.05) is 0 Å². The highest BCUT2D eigenvalue weighted by Crippen LogP contribution is 2.23. The zero-order valence-electron chi connectivity index (χ0n) is 7.34. The number of carbonyl (C=O) groups is 1. The number of hydrogen-bond donors (Lipinski definition) is 2. The van der Waals surface area contributed by atoms with Crippen molar-refractivity contribution in [3.63, 3.8) is 0 Å². The van der Waals surface area contributed by atoms with Crippen molar-refractivity contribution >= 4 is 29.1 Å². The molecule has 0 bridgehead atoms. The van der Waals surface area contributed by atoms with E-state index in [1.807, 2.05) is 0 Å². The monoisotopic (exact) mass is 232 g/mol. The molecule has 0 radical (unpaired) electrons. The van der Waals surface area contributed by atoms with Crippen LogP contribution in [0.25, 0.3) is 0 Å². The predicted molar refractivity (Wildman–Crippen MR) is 57.2 cm³/mol. The second-order valence-corrected chi connectivity index (χ2v) is 3.85. The smallest absolute Gasteiger partial charge is 0.219 e. The van der Waals surface area contributed by atoms with Crippen LogP contribution in [-0.2, 0) is 4.79 Å². The van der Waals surface area contributed by atoms with Gasteiger partial charge in [0.15, 0.2) is 0 Å². The quantitative estimate of drug-likeness (QED) is 0.836. The van der Waals surface area contributed by atoms with Crippen LogP contribution in [0.5, 0.6) is 0 Å². The molecule has 5 heteroatoms. The lowest BCUT2D eigenvalue weighted by molar-refractivity contribution is -0.118. The first-order valence-electron chi connectivity index (χ1n) is 3.99. The Morgan fingerprint density at radius 2 is 1.79 bits per heavy atom. The van der Waals surface area contributed by atoms with Gasteiger partial charge in [0.2, 0.25) is 5.91 Å². The average Bonchev–Trinajstić information content (AvgIpc) is 2.00. The van der Waals surface area contributed by atoms with Gasteiger partial charge in [-0.05, 0) is 23.8 Å². The summed E-state index contributed by atoms with van der Waals surface area (Å²) < 4.78 is 0. The van der Waals surface area contributed by atoms with E-state index in [1.54, 1.807) is 18.2 Å². The molecule has 1 rings (SSSR count). The van der Waals surface area contributed by atoms with Crippen molar-refractivity contribution in [2.24, 2.45) is 11.5 Å². The molecule has 1 aromatic rings. The fourth-order valence-electron chi connectivity index (χ4n) is 1.12. The number of halogens is 2. The van der Waals surface area contributed by atoms with Crippen LogP contribution in [0.2, 0.25) is 10.0 Å². The summed E-state index contributed by atoms with van der Waals surface area (Å²) in [6.07, 6.45) is 0.0800. The van der Waals surface area contributed by atoms with Crippen molar-refractivity contribution in [2.45, 2.75) is 12.5 Å². The lowest BCUT2D eigenvalue weighted by atomic mass is 10.0. The molecular formula is C9H10Cl2N2O. The van der Waals surface area contributed by atoms with Gasteiger partial charge in [-0.25, -0.2) is 0 Å². The van der Waals surface area contributed by atoms with Gasteiger partial charge in [-0.3, -0.25) is 4.79 Å². The Bertz CT molecular complexity index is 334. The van der Waals surface area contributed by atoms with Gasteiger partial charge < -0.3 is 11.5 Å². The van der Waals surface area contributed by atoms with Crippen LogP contribution < -0.4 is 11.5 Å². The molecular weight excluding hydrogens is 223 g/mol. The summed E-state index contributed by atoms with van der Waals surface area (Å²) in [6.45, 7) is 0. The molecule has 1 aromatic carbocycles. The first kappa shape index (κ1) is 11.3. The maximum absolute atomic E-state index is 10.6. The van der Waals surface area contributed by atoms with E-state index in [0.717, 1.165) is 0 Å². The van der Waals surface area contributed by atoms with E-state index in [4.69, 9.17) is 34.7 Å². The SMILES string of the molecule is NC(=O)C[C@H](N)c1cc(Cl)cc(Cl)c1. The Morgan fingerprint density at radius 1 is 1.29 bits per heavy atom. The van der Waals surface area contributed by atoms with Crippen molar-refractivity contribution in [3.8, 4) is 0 Å². The van der Waals surface area contributed by atoms with Gasteiger partial charge in [0.25, 0.3) is 0 Å². The Kier molecular flexibility index (Phi) is 3.75. The molecule has 0 unspecified atom stereocenters. The number of primary amides is 1. The van der Waals surface area contributed by atoms with E-state index in [0.29, 0.717) is 15.6 Å². The Morgan fingerprint density at radius 3 is 2.21 bits per heavy atom. The molecule has 0 saturated carbocycles. The summed E-state index contributed by atoms with van der Waals surface area (Å²) in [5.41, 5.74) is 11.4. The summed E-state index contributed by atoms with van der Waals surface area (Å²) in [7, 11) is 0. The molecule has 0 aliphatic rings. The molecule has 3 nitrogen and oxygen atoms in total. The highest BCUT2D eigenvalue weighted by atomic mass is 35.5. The van der Waals surface area contributed by atoms with Gasteiger partial charge in [-0.15, -0.1) is 0 Å². The van der Waals surface area contributed by atoms with Crippen LogP contribution in [0.15, 0.2) is 18.2 Å². The second-order valence-electron chi connectivity index (χ2n) is 2.98. The summed E-state index contributed by atoms with van der Waals surface area (Å²) in [4.78, 5) is 10.6. The minimum absolute atomic E-state index is 0.0800. The Labute approximate surface area is 92.0 Å². The molecule has 0 aliphatic carbocycles. The van der Waals surface area contributed by atoms with Gasteiger partial charge in [0.1, 0.15) is 0 Å². The second kappa shape index (κ2) is 4.64. The Balaban J connectivity index is 2.89. The van der Waals surface area contributed by atoms with Crippen LogP contribution in [0.1, 0.15) is 18.0 Å². The van der Waals surface area contributed by atoms with Crippen LogP contribution in [0.4, 0.5) is 0 Å². The fraction of sp³-hybridized carbons (Fsp3) is 0.222. The third kappa shape index (κ3) is 3.18. The van der Waals surface area contributed by atoms with Crippen LogP contribution in [0.3, 0.4) is 0 Å². The van der Waals surface area contributed by atoms with E-state index in [2.05, 4.69) is 0 Å². The van der Waals surface area contributed by atoms with E-state index in [9.17, 15) is 4.79 Å². The lowest BCUT2D eigenvalue weighted by Crippen LogP contribution is -2.20. The summed E-state index contributed by atoms with van der Waals surface area (Å²) in [5.74, 6) is -0.450. The predicted octanol–water partition coefficient (Wildman–Crippen LogP) is 1.87. The van der Waals surface area contributed by atoms with Crippen molar-refractivity contribution in [1.82, 2.24) is 0 Å². The Hall–Kier alpha value is -0.770. The third-order valence-electron chi connectivity index (χ3n) is 1.73. The standard InChI is InChI=1S/C9H10Cl2N2O/c10-6-1-5(2-7(11)3-6)8(12)4-9(13)14/h1-3,8H,4,12H2,(H2,13,14)/t8-/m0/s1. The third-order valence-corrected chi connectivity index (χ3v) is 2.17. The number of benzene rings is 1. The van der Waals surface area contributed by atoms with Crippen molar-refractivity contribution < 1.29 is 4.79 Å². The van der Waals surface area contributed by atoms with Gasteiger partial charge in [0, 0.05) is 22.5 Å². The van der Waals surface area contributed by atoms with E-state index in [1.165, 1.54) is 0 Å². The number of carbonyl (C=O) groups excluding carboxylic acids is 1. The zero-order chi connectivity index (χ0) is 10.7. The van der Waals surface area contributed by atoms with Crippen LogP contribution in [0, 0.1) is 0 Å². The highest BCUT2D eigenvalue weighted by molar-refractivity contribution is 6.34. The van der Waals surface area contributed by atoms with E-state index in [-0.39, 0.29) is 6.42 Å². The number of nitrogens with two attached hydrogens (primary N) is 2. The lowest BCUT2D eigenvalue weighted by Gasteiger charge is -2.10. The van der Waals surface area contributed by atoms with Crippen molar-refractivity contribution in [1.29, 1.82) is 0 Å². The van der Waals surface area contributed by atoms with Gasteiger partial charge >= 0.3 is 0 Å². The molecule has 0 heterocycles. The number of amides is 1. The molecule has 0 aliphatic heterocycles. The minimum atomic E-state index is -0.455. The largest absolute Gasteiger partial charge is 0.370 e. The van der Waals surface area contributed by atoms with Gasteiger partial charge in [-0.1, -0.05) is 23.2 Å². The van der Waals surface area contributed by atoms with Gasteiger partial charge in [-0.2, -0.15) is 0 Å². The average molecular weight is 233 g/mol. The van der Waals surface area contributed by atoms with Gasteiger partial charge in [0.05, 0.1) is 0 Å². The maximum Gasteiger partial charge on any atom is 0.219 e. The summed E-state index contributed by atoms with van der Waals surface area (Å²) in [5, 5.41) is 0.986. The van der Waals surface area contributed by atoms with Crippen molar-refractivity contribution in [3.05, 3.63) is 33.8 Å². The summed E-state index contributed by atoms with van der Waals surface area (Å²) in [6, 6.07) is 4.48. The van der Waals surface area contributed by atoms with Crippen LogP contribution in [-0.4, -0.2) is 5.91 Å². The minimum Gasteiger partial charge on any atom is -0.370 e. The maximum atomic E-state index is 10.6.